The van der Waals surface area contributed by atoms with Crippen LogP contribution in [0.4, 0.5) is 14.6 Å². The zero-order valence-corrected chi connectivity index (χ0v) is 24.3. The number of phenolic OH excluding ortho intramolecular Hbond substituents is 1. The number of pyridine rings is 1. The van der Waals surface area contributed by atoms with Crippen LogP contribution in [0.3, 0.4) is 0 Å². The Labute approximate surface area is 247 Å². The van der Waals surface area contributed by atoms with Gasteiger partial charge < -0.3 is 14.9 Å². The fraction of sp³-hybridized carbons (Fsp3) is 0.355. The zero-order chi connectivity index (χ0) is 30.8. The second-order valence-corrected chi connectivity index (χ2v) is 10.5. The van der Waals surface area contributed by atoms with Crippen LogP contribution in [0.25, 0.3) is 28.0 Å². The van der Waals surface area contributed by atoms with Gasteiger partial charge in [-0.2, -0.15) is 4.98 Å². The maximum atomic E-state index is 15.9. The van der Waals surface area contributed by atoms with Gasteiger partial charge in [-0.1, -0.05) is 39.3 Å². The van der Waals surface area contributed by atoms with Gasteiger partial charge in [-0.15, -0.1) is 0 Å². The molecule has 0 bridgehead atoms. The highest BCUT2D eigenvalue weighted by Crippen LogP contribution is 2.36. The number of fused-ring (bicyclic) bond motifs is 1. The van der Waals surface area contributed by atoms with Gasteiger partial charge >= 0.3 is 5.69 Å². The largest absolute Gasteiger partial charge is 0.507 e. The lowest BCUT2D eigenvalue weighted by Gasteiger charge is -2.40. The first-order valence-electron chi connectivity index (χ1n) is 14.3. The summed E-state index contributed by atoms with van der Waals surface area (Å²) in [6.07, 6.45) is 5.23. The summed E-state index contributed by atoms with van der Waals surface area (Å²) in [5, 5.41) is 10.7. The maximum absolute atomic E-state index is 15.9. The Bertz CT molecular complexity index is 1730. The molecule has 3 aromatic heterocycles. The lowest BCUT2D eigenvalue weighted by atomic mass is 10.1. The van der Waals surface area contributed by atoms with Gasteiger partial charge in [0.05, 0.1) is 28.0 Å². The van der Waals surface area contributed by atoms with Crippen LogP contribution in [-0.4, -0.2) is 66.1 Å². The third-order valence-corrected chi connectivity index (χ3v) is 7.59. The van der Waals surface area contributed by atoms with E-state index in [1.807, 2.05) is 25.7 Å². The van der Waals surface area contributed by atoms with Gasteiger partial charge in [0, 0.05) is 25.7 Å². The Morgan fingerprint density at radius 1 is 1.09 bits per heavy atom. The number of anilines is 1. The van der Waals surface area contributed by atoms with Gasteiger partial charge in [0.2, 0.25) is 5.91 Å². The van der Waals surface area contributed by atoms with Gasteiger partial charge in [0.15, 0.2) is 11.5 Å². The normalized spacial score (nSPS) is 15.2. The van der Waals surface area contributed by atoms with Gasteiger partial charge in [0.1, 0.15) is 29.4 Å². The number of benzene rings is 1. The van der Waals surface area contributed by atoms with E-state index in [4.69, 9.17) is 0 Å². The third kappa shape index (κ3) is 5.44. The number of phenols is 1. The van der Waals surface area contributed by atoms with E-state index in [1.165, 1.54) is 35.2 Å². The number of aryl methyl sites for hydroxylation is 2. The monoisotopic (exact) mass is 589 g/mol. The average molecular weight is 590 g/mol. The molecule has 12 heteroatoms. The number of carbonyl (C=O) groups excluding carboxylic acids is 1. The summed E-state index contributed by atoms with van der Waals surface area (Å²) in [6, 6.07) is 4.52. The van der Waals surface area contributed by atoms with Crippen LogP contribution in [0, 0.1) is 11.6 Å². The molecular weight excluding hydrogens is 556 g/mol. The molecular formula is C31H33F2N7O3. The summed E-state index contributed by atoms with van der Waals surface area (Å²) in [6.45, 7) is 10.4. The summed E-state index contributed by atoms with van der Waals surface area (Å²) in [7, 11) is 0. The number of aromatic nitrogens is 5. The number of aromatic hydroxyl groups is 1. The van der Waals surface area contributed by atoms with E-state index in [2.05, 4.69) is 26.5 Å². The molecule has 43 heavy (non-hydrogen) atoms. The van der Waals surface area contributed by atoms with Crippen molar-refractivity contribution in [2.75, 3.05) is 24.5 Å². The van der Waals surface area contributed by atoms with E-state index in [1.54, 1.807) is 4.90 Å². The maximum Gasteiger partial charge on any atom is 0.355 e. The third-order valence-electron chi connectivity index (χ3n) is 7.59. The van der Waals surface area contributed by atoms with Crippen molar-refractivity contribution >= 4 is 22.8 Å². The van der Waals surface area contributed by atoms with E-state index in [0.717, 1.165) is 18.9 Å². The molecule has 0 aliphatic carbocycles. The number of carbonyl (C=O) groups is 1. The van der Waals surface area contributed by atoms with E-state index in [-0.39, 0.29) is 28.8 Å². The first-order valence-corrected chi connectivity index (χ1v) is 14.3. The number of nitrogens with zero attached hydrogens (tertiary/aromatic N) is 7. The molecule has 10 nitrogen and oxygen atoms in total. The molecule has 1 saturated heterocycles. The Kier molecular flexibility index (Phi) is 8.47. The van der Waals surface area contributed by atoms with Crippen molar-refractivity contribution in [3.63, 3.8) is 0 Å². The molecule has 1 N–H and O–H groups in total. The van der Waals surface area contributed by atoms with Gasteiger partial charge in [-0.25, -0.2) is 33.1 Å². The molecule has 4 aromatic rings. The van der Waals surface area contributed by atoms with Crippen LogP contribution in [0.15, 0.2) is 48.0 Å². The smallest absolute Gasteiger partial charge is 0.355 e. The second-order valence-electron chi connectivity index (χ2n) is 10.5. The van der Waals surface area contributed by atoms with Crippen molar-refractivity contribution in [1.29, 1.82) is 0 Å². The molecule has 1 aliphatic rings. The second kappa shape index (κ2) is 12.2. The van der Waals surface area contributed by atoms with E-state index in [9.17, 15) is 19.1 Å². The predicted molar refractivity (Wildman–Crippen MR) is 159 cm³/mol. The topological polar surface area (TPSA) is 117 Å². The Balaban J connectivity index is 1.84. The SMILES string of the molecule is C=CC(=O)N1CCN(c2nc(=O)n(-c3c(CCC)ncnc3CCC)c3nc(-c4c(O)cccc4F)c(F)cc23)[C@@H](C)C1. The highest BCUT2D eigenvalue weighted by molar-refractivity contribution is 5.91. The summed E-state index contributed by atoms with van der Waals surface area (Å²) >= 11 is 0. The Morgan fingerprint density at radius 2 is 1.79 bits per heavy atom. The molecule has 0 saturated carbocycles. The highest BCUT2D eigenvalue weighted by atomic mass is 19.1. The standard InChI is InChI=1S/C31H33F2N7O3/c1-5-9-22-28(23(10-6-2)35-17-34-22)40-30-19(15-21(33)27(36-30)26-20(32)11-8-12-24(26)41)29(37-31(40)43)39-14-13-38(16-18(39)4)25(42)7-3/h7-8,11-12,15,17-18,41H,3,5-6,9-10,13-14,16H2,1-2,4H3/t18-/m0/s1. The minimum atomic E-state index is -0.902. The summed E-state index contributed by atoms with van der Waals surface area (Å²) < 4.78 is 32.2. The zero-order valence-electron chi connectivity index (χ0n) is 24.3. The fourth-order valence-electron chi connectivity index (χ4n) is 5.60. The number of amides is 1. The predicted octanol–water partition coefficient (Wildman–Crippen LogP) is 4.35. The van der Waals surface area contributed by atoms with Crippen LogP contribution in [-0.2, 0) is 17.6 Å². The minimum absolute atomic E-state index is 0.0235. The summed E-state index contributed by atoms with van der Waals surface area (Å²) in [4.78, 5) is 47.7. The fourth-order valence-corrected chi connectivity index (χ4v) is 5.60. The van der Waals surface area contributed by atoms with Gasteiger partial charge in [-0.05, 0) is 44.0 Å². The molecule has 1 amide bonds. The van der Waals surface area contributed by atoms with Gasteiger partial charge in [0.25, 0.3) is 0 Å². The highest BCUT2D eigenvalue weighted by Gasteiger charge is 2.31. The van der Waals surface area contributed by atoms with Crippen molar-refractivity contribution in [2.24, 2.45) is 0 Å². The van der Waals surface area contributed by atoms with Crippen molar-refractivity contribution < 1.29 is 18.7 Å². The lowest BCUT2D eigenvalue weighted by Crippen LogP contribution is -2.54. The molecule has 5 rings (SSSR count). The van der Waals surface area contributed by atoms with Crippen LogP contribution < -0.4 is 10.6 Å². The van der Waals surface area contributed by atoms with Crippen LogP contribution in [0.1, 0.15) is 45.0 Å². The molecule has 0 unspecified atom stereocenters. The number of rotatable bonds is 8. The summed E-state index contributed by atoms with van der Waals surface area (Å²) in [5.41, 5.74) is 0.0831. The Hall–Kier alpha value is -4.74. The average Bonchev–Trinajstić information content (AvgIpc) is 2.98. The summed E-state index contributed by atoms with van der Waals surface area (Å²) in [5.74, 6) is -2.28. The molecule has 1 fully saturated rings. The van der Waals surface area contributed by atoms with Crippen molar-refractivity contribution in [3.8, 4) is 22.7 Å². The van der Waals surface area contributed by atoms with E-state index >= 15 is 4.39 Å². The molecule has 224 valence electrons. The quantitative estimate of drug-likeness (QED) is 0.302. The number of piperazine rings is 1. The molecule has 0 radical (unpaired) electrons. The van der Waals surface area contributed by atoms with Crippen LogP contribution in [0.5, 0.6) is 5.75 Å². The van der Waals surface area contributed by atoms with Crippen molar-refractivity contribution in [2.45, 2.75) is 52.5 Å². The van der Waals surface area contributed by atoms with E-state index in [0.29, 0.717) is 49.6 Å². The van der Waals surface area contributed by atoms with Crippen LogP contribution in [0.2, 0.25) is 0 Å². The lowest BCUT2D eigenvalue weighted by molar-refractivity contribution is -0.126. The molecule has 1 aliphatic heterocycles. The molecule has 4 heterocycles. The number of halogens is 2. The van der Waals surface area contributed by atoms with Crippen molar-refractivity contribution in [3.05, 3.63) is 76.8 Å². The van der Waals surface area contributed by atoms with Crippen LogP contribution >= 0.6 is 0 Å². The molecule has 1 atom stereocenters. The van der Waals surface area contributed by atoms with Gasteiger partial charge in [-0.3, -0.25) is 4.79 Å². The number of hydrogen-bond acceptors (Lipinski definition) is 8. The van der Waals surface area contributed by atoms with E-state index < -0.39 is 34.3 Å². The number of hydrogen-bond donors (Lipinski definition) is 1. The Morgan fingerprint density at radius 3 is 2.40 bits per heavy atom. The molecule has 0 spiro atoms. The minimum Gasteiger partial charge on any atom is -0.507 e. The first kappa shape index (κ1) is 29.7. The first-order chi connectivity index (χ1) is 20.7. The van der Waals surface area contributed by atoms with Crippen molar-refractivity contribution in [1.82, 2.24) is 29.4 Å². The molecule has 1 aromatic carbocycles.